The number of rotatable bonds is 7. The quantitative estimate of drug-likeness (QED) is 0.670. The summed E-state index contributed by atoms with van der Waals surface area (Å²) in [5.41, 5.74) is 0.683. The van der Waals surface area contributed by atoms with Crippen LogP contribution in [0.5, 0.6) is 5.75 Å². The van der Waals surface area contributed by atoms with E-state index >= 15 is 0 Å². The van der Waals surface area contributed by atoms with Crippen LogP contribution in [0.25, 0.3) is 0 Å². The van der Waals surface area contributed by atoms with E-state index in [1.54, 1.807) is 31.4 Å². The van der Waals surface area contributed by atoms with Crippen molar-refractivity contribution >= 4 is 23.3 Å². The maximum atomic E-state index is 14.5. The largest absolute Gasteiger partial charge is 0.497 e. The summed E-state index contributed by atoms with van der Waals surface area (Å²) in [7, 11) is 1.55. The summed E-state index contributed by atoms with van der Waals surface area (Å²) in [6, 6.07) is 10.1. The minimum atomic E-state index is -0.680. The number of methoxy groups -OCH3 is 1. The molecular formula is C24H27FN2O4. The van der Waals surface area contributed by atoms with Gasteiger partial charge in [0.15, 0.2) is 5.78 Å². The van der Waals surface area contributed by atoms with Gasteiger partial charge < -0.3 is 15.0 Å². The Labute approximate surface area is 181 Å². The van der Waals surface area contributed by atoms with Crippen LogP contribution in [0, 0.1) is 11.7 Å². The topological polar surface area (TPSA) is 75.7 Å². The minimum absolute atomic E-state index is 0.0366. The van der Waals surface area contributed by atoms with Gasteiger partial charge in [-0.15, -0.1) is 0 Å². The van der Waals surface area contributed by atoms with E-state index in [2.05, 4.69) is 5.32 Å². The number of nitrogens with one attached hydrogen (secondary N) is 1. The number of Topliss-reactive ketones (excluding diaryl/α,β-unsaturated/α-hetero) is 1. The molecule has 1 fully saturated rings. The lowest BCUT2D eigenvalue weighted by molar-refractivity contribution is -0.116. The van der Waals surface area contributed by atoms with Gasteiger partial charge in [-0.2, -0.15) is 0 Å². The minimum Gasteiger partial charge on any atom is -0.497 e. The highest BCUT2D eigenvalue weighted by atomic mass is 19.1. The molecule has 0 spiro atoms. The molecule has 1 saturated heterocycles. The van der Waals surface area contributed by atoms with Crippen molar-refractivity contribution in [1.29, 1.82) is 0 Å². The number of nitrogens with zero attached hydrogens (tertiary/aromatic N) is 1. The first-order valence-corrected chi connectivity index (χ1v) is 10.4. The molecule has 2 aromatic carbocycles. The van der Waals surface area contributed by atoms with Gasteiger partial charge in [0.25, 0.3) is 5.91 Å². The number of carbonyl (C=O) groups is 3. The number of hydrogen-bond donors (Lipinski definition) is 1. The predicted molar refractivity (Wildman–Crippen MR) is 116 cm³/mol. The molecule has 0 aromatic heterocycles. The van der Waals surface area contributed by atoms with E-state index in [1.165, 1.54) is 17.0 Å². The van der Waals surface area contributed by atoms with Gasteiger partial charge in [-0.25, -0.2) is 4.39 Å². The van der Waals surface area contributed by atoms with Crippen molar-refractivity contribution in [3.63, 3.8) is 0 Å². The fourth-order valence-electron chi connectivity index (χ4n) is 3.72. The lowest BCUT2D eigenvalue weighted by Gasteiger charge is -2.24. The molecule has 7 heteroatoms. The zero-order valence-electron chi connectivity index (χ0n) is 18.0. The zero-order chi connectivity index (χ0) is 22.5. The molecule has 3 rings (SSSR count). The van der Waals surface area contributed by atoms with Crippen LogP contribution in [-0.4, -0.2) is 42.2 Å². The average Bonchev–Trinajstić information content (AvgIpc) is 3.23. The van der Waals surface area contributed by atoms with E-state index in [0.29, 0.717) is 30.7 Å². The van der Waals surface area contributed by atoms with E-state index in [0.717, 1.165) is 6.07 Å². The van der Waals surface area contributed by atoms with E-state index < -0.39 is 17.8 Å². The van der Waals surface area contributed by atoms with Crippen LogP contribution < -0.4 is 10.1 Å². The molecule has 0 saturated carbocycles. The number of benzene rings is 2. The third-order valence-corrected chi connectivity index (χ3v) is 5.27. The molecule has 164 valence electrons. The number of halogens is 1. The van der Waals surface area contributed by atoms with Gasteiger partial charge in [0.2, 0.25) is 5.91 Å². The standard InChI is InChI=1S/C24H27FN2O4/c1-15(2)13-22(28)26-20-11-8-17(14-19(20)25)24(30)27-12-4-5-21(27)23(29)16-6-9-18(31-3)10-7-16/h6-11,14-15,21H,4-5,12-13H2,1-3H3,(H,26,28)/t21-/m0/s1. The average molecular weight is 426 g/mol. The monoisotopic (exact) mass is 426 g/mol. The fourth-order valence-corrected chi connectivity index (χ4v) is 3.72. The van der Waals surface area contributed by atoms with Gasteiger partial charge in [-0.05, 0) is 61.2 Å². The zero-order valence-corrected chi connectivity index (χ0v) is 18.0. The normalized spacial score (nSPS) is 15.8. The van der Waals surface area contributed by atoms with Crippen molar-refractivity contribution in [3.8, 4) is 5.75 Å². The first-order valence-electron chi connectivity index (χ1n) is 10.4. The van der Waals surface area contributed by atoms with Gasteiger partial charge in [-0.1, -0.05) is 13.8 Å². The molecule has 6 nitrogen and oxygen atoms in total. The highest BCUT2D eigenvalue weighted by Gasteiger charge is 2.35. The van der Waals surface area contributed by atoms with Crippen LogP contribution >= 0.6 is 0 Å². The Bertz CT molecular complexity index is 972. The maximum Gasteiger partial charge on any atom is 0.254 e. The molecule has 0 radical (unpaired) electrons. The van der Waals surface area contributed by atoms with Crippen LogP contribution in [-0.2, 0) is 4.79 Å². The molecule has 1 aliphatic heterocycles. The van der Waals surface area contributed by atoms with Gasteiger partial charge >= 0.3 is 0 Å². The second kappa shape index (κ2) is 9.73. The highest BCUT2D eigenvalue weighted by molar-refractivity contribution is 6.05. The summed E-state index contributed by atoms with van der Waals surface area (Å²) >= 11 is 0. The number of carbonyl (C=O) groups excluding carboxylic acids is 3. The van der Waals surface area contributed by atoms with Crippen molar-refractivity contribution in [2.75, 3.05) is 19.0 Å². The third kappa shape index (κ3) is 5.29. The van der Waals surface area contributed by atoms with E-state index in [-0.39, 0.29) is 35.3 Å². The van der Waals surface area contributed by atoms with Crippen molar-refractivity contribution in [1.82, 2.24) is 4.90 Å². The highest BCUT2D eigenvalue weighted by Crippen LogP contribution is 2.26. The SMILES string of the molecule is COc1ccc(C(=O)[C@@H]2CCCN2C(=O)c2ccc(NC(=O)CC(C)C)c(F)c2)cc1. The second-order valence-electron chi connectivity index (χ2n) is 8.09. The Morgan fingerprint density at radius 2 is 1.81 bits per heavy atom. The molecule has 1 atom stereocenters. The van der Waals surface area contributed by atoms with Gasteiger partial charge in [0.1, 0.15) is 11.6 Å². The number of ketones is 1. The van der Waals surface area contributed by atoms with Crippen molar-refractivity contribution in [2.45, 2.75) is 39.2 Å². The third-order valence-electron chi connectivity index (χ3n) is 5.27. The van der Waals surface area contributed by atoms with Crippen LogP contribution in [0.3, 0.4) is 0 Å². The molecule has 31 heavy (non-hydrogen) atoms. The smallest absolute Gasteiger partial charge is 0.254 e. The van der Waals surface area contributed by atoms with Gasteiger partial charge in [0.05, 0.1) is 18.8 Å². The van der Waals surface area contributed by atoms with E-state index in [4.69, 9.17) is 4.74 Å². The number of ether oxygens (including phenoxy) is 1. The summed E-state index contributed by atoms with van der Waals surface area (Å²) in [4.78, 5) is 39.4. The van der Waals surface area contributed by atoms with Gasteiger partial charge in [-0.3, -0.25) is 14.4 Å². The van der Waals surface area contributed by atoms with Crippen molar-refractivity contribution in [2.24, 2.45) is 5.92 Å². The Morgan fingerprint density at radius 3 is 2.42 bits per heavy atom. The Kier molecular flexibility index (Phi) is 7.05. The second-order valence-corrected chi connectivity index (χ2v) is 8.09. The summed E-state index contributed by atoms with van der Waals surface area (Å²) in [5, 5.41) is 2.53. The molecule has 0 unspecified atom stereocenters. The van der Waals surface area contributed by atoms with Crippen LogP contribution in [0.4, 0.5) is 10.1 Å². The molecule has 1 aliphatic rings. The Balaban J connectivity index is 1.74. The first kappa shape index (κ1) is 22.5. The molecule has 0 aliphatic carbocycles. The number of amides is 2. The Morgan fingerprint density at radius 1 is 1.13 bits per heavy atom. The molecule has 2 amide bonds. The molecule has 1 heterocycles. The van der Waals surface area contributed by atoms with Crippen molar-refractivity contribution < 1.29 is 23.5 Å². The fraction of sp³-hybridized carbons (Fsp3) is 0.375. The maximum absolute atomic E-state index is 14.5. The molecule has 1 N–H and O–H groups in total. The number of hydrogen-bond acceptors (Lipinski definition) is 4. The Hall–Kier alpha value is -3.22. The van der Waals surface area contributed by atoms with Crippen molar-refractivity contribution in [3.05, 3.63) is 59.4 Å². The first-order chi connectivity index (χ1) is 14.8. The van der Waals surface area contributed by atoms with Crippen LogP contribution in [0.15, 0.2) is 42.5 Å². The molecular weight excluding hydrogens is 399 g/mol. The lowest BCUT2D eigenvalue weighted by atomic mass is 10.0. The van der Waals surface area contributed by atoms with Crippen LogP contribution in [0.2, 0.25) is 0 Å². The lowest BCUT2D eigenvalue weighted by Crippen LogP contribution is -2.40. The summed E-state index contributed by atoms with van der Waals surface area (Å²) < 4.78 is 19.6. The van der Waals surface area contributed by atoms with Crippen LogP contribution in [0.1, 0.15) is 53.8 Å². The number of likely N-dealkylation sites (tertiary alicyclic amines) is 1. The van der Waals surface area contributed by atoms with E-state index in [1.807, 2.05) is 13.8 Å². The van der Waals surface area contributed by atoms with Gasteiger partial charge in [0, 0.05) is 24.1 Å². The predicted octanol–water partition coefficient (Wildman–Crippen LogP) is 4.31. The summed E-state index contributed by atoms with van der Waals surface area (Å²) in [6.07, 6.45) is 1.54. The molecule has 0 bridgehead atoms. The number of anilines is 1. The van der Waals surface area contributed by atoms with E-state index in [9.17, 15) is 18.8 Å². The molecule has 2 aromatic rings. The summed E-state index contributed by atoms with van der Waals surface area (Å²) in [6.45, 7) is 4.23. The summed E-state index contributed by atoms with van der Waals surface area (Å²) in [5.74, 6) is -0.709.